The van der Waals surface area contributed by atoms with Crippen molar-refractivity contribution in [3.8, 4) is 0 Å². The first-order chi connectivity index (χ1) is 26.7. The van der Waals surface area contributed by atoms with Gasteiger partial charge in [0.15, 0.2) is 0 Å². The molecule has 9 nitrogen and oxygen atoms in total. The van der Waals surface area contributed by atoms with Gasteiger partial charge in [0.2, 0.25) is 0 Å². The number of amides is 1. The molecule has 0 aromatic rings. The van der Waals surface area contributed by atoms with Gasteiger partial charge in [0.05, 0.1) is 13.2 Å². The molecular weight excluding hydrogens is 691 g/mol. The summed E-state index contributed by atoms with van der Waals surface area (Å²) in [6.07, 6.45) is 31.7. The second-order valence-corrected chi connectivity index (χ2v) is 16.6. The highest BCUT2D eigenvalue weighted by atomic mass is 16.6. The van der Waals surface area contributed by atoms with Crippen molar-refractivity contribution < 1.29 is 28.6 Å². The maximum Gasteiger partial charge on any atom is 0.410 e. The molecule has 0 heterocycles. The zero-order valence-corrected chi connectivity index (χ0v) is 37.3. The number of ether oxygens (including phenoxy) is 3. The van der Waals surface area contributed by atoms with Crippen LogP contribution in [0.15, 0.2) is 0 Å². The van der Waals surface area contributed by atoms with E-state index in [-0.39, 0.29) is 24.1 Å². The minimum atomic E-state index is -0.186. The van der Waals surface area contributed by atoms with E-state index in [1.54, 1.807) is 0 Å². The molecule has 0 saturated carbocycles. The molecule has 326 valence electrons. The number of nitrogens with zero attached hydrogens (tertiary/aromatic N) is 3. The van der Waals surface area contributed by atoms with Gasteiger partial charge in [0.1, 0.15) is 6.10 Å². The largest absolute Gasteiger partial charge is 0.466 e. The average molecular weight is 782 g/mol. The highest BCUT2D eigenvalue weighted by Gasteiger charge is 2.20. The third-order valence-corrected chi connectivity index (χ3v) is 10.4. The van der Waals surface area contributed by atoms with E-state index >= 15 is 0 Å². The monoisotopic (exact) mass is 782 g/mol. The molecule has 0 atom stereocenters. The molecule has 0 aromatic carbocycles. The second kappa shape index (κ2) is 40.3. The Morgan fingerprint density at radius 1 is 0.418 bits per heavy atom. The molecule has 9 heteroatoms. The van der Waals surface area contributed by atoms with Crippen molar-refractivity contribution >= 4 is 18.0 Å². The second-order valence-electron chi connectivity index (χ2n) is 16.6. The molecule has 1 amide bonds. The van der Waals surface area contributed by atoms with Gasteiger partial charge in [-0.05, 0) is 105 Å². The van der Waals surface area contributed by atoms with Crippen LogP contribution < -0.4 is 0 Å². The molecule has 0 aliphatic heterocycles. The zero-order valence-electron chi connectivity index (χ0n) is 37.3. The predicted octanol–water partition coefficient (Wildman–Crippen LogP) is 11.7. The van der Waals surface area contributed by atoms with Gasteiger partial charge < -0.3 is 28.9 Å². The smallest absolute Gasteiger partial charge is 0.410 e. The number of hydrogen-bond acceptors (Lipinski definition) is 8. The Morgan fingerprint density at radius 3 is 1.15 bits per heavy atom. The molecule has 0 spiro atoms. The first-order valence-corrected chi connectivity index (χ1v) is 23.3. The van der Waals surface area contributed by atoms with Crippen LogP contribution in [0.4, 0.5) is 4.79 Å². The Labute approximate surface area is 340 Å². The summed E-state index contributed by atoms with van der Waals surface area (Å²) >= 11 is 0. The summed E-state index contributed by atoms with van der Waals surface area (Å²) < 4.78 is 17.2. The minimum Gasteiger partial charge on any atom is -0.466 e. The van der Waals surface area contributed by atoms with Crippen molar-refractivity contribution in [2.24, 2.45) is 0 Å². The summed E-state index contributed by atoms with van der Waals surface area (Å²) in [5, 5.41) is 0. The van der Waals surface area contributed by atoms with E-state index in [2.05, 4.69) is 51.8 Å². The fourth-order valence-corrected chi connectivity index (χ4v) is 6.91. The van der Waals surface area contributed by atoms with E-state index < -0.39 is 0 Å². The summed E-state index contributed by atoms with van der Waals surface area (Å²) in [7, 11) is 8.26. The standard InChI is InChI=1S/C46H91N3O6/c1-7-9-11-13-15-17-19-27-35-44(50)53-41-29-23-21-25-33-43(55-46(52)49(39-31-37-47(3)4)40-32-38-48(5)6)34-26-22-24-30-42-54-45(51)36-28-20-18-16-14-12-10-8-2/h43H,7-42H2,1-6H3. The Bertz CT molecular complexity index is 811. The van der Waals surface area contributed by atoms with E-state index in [0.29, 0.717) is 39.1 Å². The molecule has 55 heavy (non-hydrogen) atoms. The van der Waals surface area contributed by atoms with Gasteiger partial charge in [0.25, 0.3) is 0 Å². The third kappa shape index (κ3) is 38.8. The van der Waals surface area contributed by atoms with E-state index in [1.807, 2.05) is 4.90 Å². The molecule has 0 aliphatic rings. The maximum absolute atomic E-state index is 13.5. The molecule has 0 rings (SSSR count). The van der Waals surface area contributed by atoms with Crippen molar-refractivity contribution in [1.82, 2.24) is 14.7 Å². The van der Waals surface area contributed by atoms with E-state index in [0.717, 1.165) is 116 Å². The third-order valence-electron chi connectivity index (χ3n) is 10.4. The SMILES string of the molecule is CCCCCCCCCCC(=O)OCCCCCCC(CCCCCCOC(=O)CCCCCCCCCC)OC(=O)N(CCCN(C)C)CCCN(C)C. The van der Waals surface area contributed by atoms with Crippen LogP contribution in [-0.2, 0) is 23.8 Å². The van der Waals surface area contributed by atoms with Gasteiger partial charge >= 0.3 is 18.0 Å². The van der Waals surface area contributed by atoms with Crippen LogP contribution in [0.3, 0.4) is 0 Å². The van der Waals surface area contributed by atoms with Crippen molar-refractivity contribution in [1.29, 1.82) is 0 Å². The van der Waals surface area contributed by atoms with E-state index in [4.69, 9.17) is 14.2 Å². The molecule has 0 radical (unpaired) electrons. The molecule has 0 N–H and O–H groups in total. The van der Waals surface area contributed by atoms with Crippen molar-refractivity contribution in [3.05, 3.63) is 0 Å². The fraction of sp³-hybridized carbons (Fsp3) is 0.935. The molecule has 0 unspecified atom stereocenters. The lowest BCUT2D eigenvalue weighted by Gasteiger charge is -2.27. The topological polar surface area (TPSA) is 88.6 Å². The molecule has 0 aliphatic carbocycles. The van der Waals surface area contributed by atoms with Crippen LogP contribution in [-0.4, -0.2) is 106 Å². The van der Waals surface area contributed by atoms with E-state index in [9.17, 15) is 14.4 Å². The van der Waals surface area contributed by atoms with Crippen molar-refractivity contribution in [2.75, 3.05) is 67.6 Å². The lowest BCUT2D eigenvalue weighted by Crippen LogP contribution is -2.37. The van der Waals surface area contributed by atoms with Crippen LogP contribution in [0, 0.1) is 0 Å². The first-order valence-electron chi connectivity index (χ1n) is 23.3. The number of esters is 2. The minimum absolute atomic E-state index is 0.0596. The van der Waals surface area contributed by atoms with E-state index in [1.165, 1.54) is 77.0 Å². The summed E-state index contributed by atoms with van der Waals surface area (Å²) in [5.41, 5.74) is 0. The van der Waals surface area contributed by atoms with Gasteiger partial charge in [-0.2, -0.15) is 0 Å². The maximum atomic E-state index is 13.5. The van der Waals surface area contributed by atoms with Gasteiger partial charge in [-0.25, -0.2) is 4.79 Å². The molecule has 0 aromatic heterocycles. The van der Waals surface area contributed by atoms with Gasteiger partial charge in [-0.3, -0.25) is 9.59 Å². The molecule has 0 fully saturated rings. The summed E-state index contributed by atoms with van der Waals surface area (Å²) in [5.74, 6) is -0.119. The molecule has 0 saturated heterocycles. The fourth-order valence-electron chi connectivity index (χ4n) is 6.91. The predicted molar refractivity (Wildman–Crippen MR) is 231 cm³/mol. The van der Waals surface area contributed by atoms with Crippen LogP contribution in [0.5, 0.6) is 0 Å². The Balaban J connectivity index is 4.59. The first kappa shape index (κ1) is 53.1. The highest BCUT2D eigenvalue weighted by Crippen LogP contribution is 2.18. The summed E-state index contributed by atoms with van der Waals surface area (Å²) in [6.45, 7) is 8.75. The van der Waals surface area contributed by atoms with Crippen molar-refractivity contribution in [3.63, 3.8) is 0 Å². The summed E-state index contributed by atoms with van der Waals surface area (Å²) in [4.78, 5) is 44.0. The van der Waals surface area contributed by atoms with Gasteiger partial charge in [-0.1, -0.05) is 129 Å². The van der Waals surface area contributed by atoms with Crippen LogP contribution in [0.1, 0.15) is 206 Å². The van der Waals surface area contributed by atoms with Gasteiger partial charge in [-0.15, -0.1) is 0 Å². The Hall–Kier alpha value is -1.87. The zero-order chi connectivity index (χ0) is 40.6. The average Bonchev–Trinajstić information content (AvgIpc) is 3.15. The number of hydrogen-bond donors (Lipinski definition) is 0. The van der Waals surface area contributed by atoms with Crippen LogP contribution in [0.25, 0.3) is 0 Å². The molecule has 0 bridgehead atoms. The number of rotatable bonds is 41. The van der Waals surface area contributed by atoms with Crippen LogP contribution >= 0.6 is 0 Å². The Kier molecular flexibility index (Phi) is 39.0. The van der Waals surface area contributed by atoms with Crippen molar-refractivity contribution in [2.45, 2.75) is 213 Å². The lowest BCUT2D eigenvalue weighted by molar-refractivity contribution is -0.144. The molecular formula is C46H91N3O6. The summed E-state index contributed by atoms with van der Waals surface area (Å²) in [6, 6.07) is 0. The normalized spacial score (nSPS) is 11.5. The highest BCUT2D eigenvalue weighted by molar-refractivity contribution is 5.69. The van der Waals surface area contributed by atoms with Crippen LogP contribution in [0.2, 0.25) is 0 Å². The quantitative estimate of drug-likeness (QED) is 0.0344. The lowest BCUT2D eigenvalue weighted by atomic mass is 10.0. The Morgan fingerprint density at radius 2 is 0.764 bits per heavy atom. The number of carbonyl (C=O) groups is 3. The number of carbonyl (C=O) groups excluding carboxylic acids is 3. The van der Waals surface area contributed by atoms with Gasteiger partial charge in [0, 0.05) is 25.9 Å². The number of unbranched alkanes of at least 4 members (excludes halogenated alkanes) is 20.